The van der Waals surface area contributed by atoms with Crippen LogP contribution in [0, 0.1) is 0 Å². The van der Waals surface area contributed by atoms with Crippen LogP contribution in [-0.2, 0) is 22.8 Å². The van der Waals surface area contributed by atoms with E-state index in [0.29, 0.717) is 16.6 Å². The maximum absolute atomic E-state index is 12.1. The number of benzene rings is 2. The van der Waals surface area contributed by atoms with E-state index in [-0.39, 0.29) is 11.3 Å². The lowest BCUT2D eigenvalue weighted by atomic mass is 10.0. The largest absolute Gasteiger partial charge is 0.274 e. The van der Waals surface area contributed by atoms with Crippen LogP contribution in [0.5, 0.6) is 0 Å². The fourth-order valence-electron chi connectivity index (χ4n) is 2.50. The summed E-state index contributed by atoms with van der Waals surface area (Å²) in [7, 11) is -1.96. The number of aromatic nitrogens is 2. The third kappa shape index (κ3) is 3.15. The molecule has 1 aromatic heterocycles. The summed E-state index contributed by atoms with van der Waals surface area (Å²) >= 11 is 0. The van der Waals surface area contributed by atoms with Gasteiger partial charge in [-0.25, -0.2) is 18.2 Å². The van der Waals surface area contributed by atoms with Gasteiger partial charge in [0, 0.05) is 18.0 Å². The molecule has 0 saturated heterocycles. The molecule has 6 nitrogen and oxygen atoms in total. The summed E-state index contributed by atoms with van der Waals surface area (Å²) in [6, 6.07) is 14.2. The van der Waals surface area contributed by atoms with E-state index < -0.39 is 10.0 Å². The lowest BCUT2D eigenvalue weighted by Crippen LogP contribution is -2.20. The van der Waals surface area contributed by atoms with Crippen molar-refractivity contribution in [1.82, 2.24) is 9.78 Å². The molecule has 7 heteroatoms. The monoisotopic (exact) mass is 329 g/mol. The maximum atomic E-state index is 12.1. The molecule has 23 heavy (non-hydrogen) atoms. The normalized spacial score (nSPS) is 11.7. The number of fused-ring (bicyclic) bond motifs is 1. The SMILES string of the molecule is Cn1nc(-c2ccc(CS(N)(=O)=O)cc2)c2ccccc2c1=O. The van der Waals surface area contributed by atoms with Crippen LogP contribution in [0.4, 0.5) is 0 Å². The molecule has 2 aromatic carbocycles. The van der Waals surface area contributed by atoms with E-state index in [4.69, 9.17) is 5.14 Å². The van der Waals surface area contributed by atoms with Crippen molar-refractivity contribution in [1.29, 1.82) is 0 Å². The van der Waals surface area contributed by atoms with Crippen LogP contribution in [0.15, 0.2) is 53.3 Å². The van der Waals surface area contributed by atoms with E-state index in [1.165, 1.54) is 4.68 Å². The molecule has 0 aliphatic carbocycles. The van der Waals surface area contributed by atoms with Crippen LogP contribution in [0.1, 0.15) is 5.56 Å². The Kier molecular flexibility index (Phi) is 3.75. The van der Waals surface area contributed by atoms with Gasteiger partial charge in [-0.05, 0) is 11.6 Å². The molecule has 0 fully saturated rings. The van der Waals surface area contributed by atoms with E-state index >= 15 is 0 Å². The predicted octanol–water partition coefficient (Wildman–Crippen LogP) is 1.39. The summed E-state index contributed by atoms with van der Waals surface area (Å²) in [5.74, 6) is -0.214. The van der Waals surface area contributed by atoms with Gasteiger partial charge in [-0.15, -0.1) is 0 Å². The third-order valence-electron chi connectivity index (χ3n) is 3.55. The highest BCUT2D eigenvalue weighted by atomic mass is 32.2. The molecule has 0 bridgehead atoms. The highest BCUT2D eigenvalue weighted by Gasteiger charge is 2.11. The van der Waals surface area contributed by atoms with Crippen LogP contribution in [0.2, 0.25) is 0 Å². The molecular formula is C16H15N3O3S. The number of hydrogen-bond acceptors (Lipinski definition) is 4. The van der Waals surface area contributed by atoms with Gasteiger partial charge in [-0.2, -0.15) is 5.10 Å². The van der Waals surface area contributed by atoms with E-state index in [9.17, 15) is 13.2 Å². The van der Waals surface area contributed by atoms with Crippen LogP contribution in [0.25, 0.3) is 22.0 Å². The summed E-state index contributed by atoms with van der Waals surface area (Å²) in [4.78, 5) is 12.1. The number of hydrogen-bond donors (Lipinski definition) is 1. The van der Waals surface area contributed by atoms with Gasteiger partial charge < -0.3 is 0 Å². The Bertz CT molecular complexity index is 1040. The van der Waals surface area contributed by atoms with Crippen molar-refractivity contribution in [2.75, 3.05) is 0 Å². The molecule has 1 heterocycles. The number of primary sulfonamides is 1. The quantitative estimate of drug-likeness (QED) is 0.785. The molecule has 0 aliphatic heterocycles. The Morgan fingerprint density at radius 1 is 1.04 bits per heavy atom. The Hall–Kier alpha value is -2.51. The predicted molar refractivity (Wildman–Crippen MR) is 89.2 cm³/mol. The molecule has 0 amide bonds. The fourth-order valence-corrected chi connectivity index (χ4v) is 3.16. The second-order valence-electron chi connectivity index (χ2n) is 5.33. The first-order valence-corrected chi connectivity index (χ1v) is 8.62. The zero-order valence-electron chi connectivity index (χ0n) is 12.4. The van der Waals surface area contributed by atoms with E-state index in [1.54, 1.807) is 37.4 Å². The molecule has 0 aliphatic rings. The number of nitrogens with two attached hydrogens (primary N) is 1. The minimum atomic E-state index is -3.56. The zero-order valence-corrected chi connectivity index (χ0v) is 13.2. The van der Waals surface area contributed by atoms with Crippen molar-refractivity contribution < 1.29 is 8.42 Å². The maximum Gasteiger partial charge on any atom is 0.274 e. The van der Waals surface area contributed by atoms with Gasteiger partial charge in [0.15, 0.2) is 0 Å². The van der Waals surface area contributed by atoms with Gasteiger partial charge in [0.25, 0.3) is 5.56 Å². The first-order chi connectivity index (χ1) is 10.8. The number of sulfonamides is 1. The molecule has 0 unspecified atom stereocenters. The lowest BCUT2D eigenvalue weighted by Gasteiger charge is -2.09. The van der Waals surface area contributed by atoms with Crippen molar-refractivity contribution in [2.24, 2.45) is 12.2 Å². The minimum absolute atomic E-state index is 0.157. The highest BCUT2D eigenvalue weighted by Crippen LogP contribution is 2.24. The Balaban J connectivity index is 2.14. The minimum Gasteiger partial charge on any atom is -0.267 e. The van der Waals surface area contributed by atoms with Crippen LogP contribution >= 0.6 is 0 Å². The second-order valence-corrected chi connectivity index (χ2v) is 6.94. The summed E-state index contributed by atoms with van der Waals surface area (Å²) in [6.07, 6.45) is 0. The van der Waals surface area contributed by atoms with E-state index in [2.05, 4.69) is 5.10 Å². The lowest BCUT2D eigenvalue weighted by molar-refractivity contribution is 0.597. The van der Waals surface area contributed by atoms with Gasteiger partial charge in [-0.3, -0.25) is 4.79 Å². The van der Waals surface area contributed by atoms with Gasteiger partial charge in [-0.1, -0.05) is 42.5 Å². The van der Waals surface area contributed by atoms with Crippen molar-refractivity contribution in [3.63, 3.8) is 0 Å². The molecule has 2 N–H and O–H groups in total. The molecule has 0 saturated carbocycles. The first kappa shape index (κ1) is 15.4. The zero-order chi connectivity index (χ0) is 16.6. The van der Waals surface area contributed by atoms with Crippen molar-refractivity contribution in [3.8, 4) is 11.3 Å². The van der Waals surface area contributed by atoms with Gasteiger partial charge >= 0.3 is 0 Å². The summed E-state index contributed by atoms with van der Waals surface area (Å²) < 4.78 is 23.6. The molecule has 0 atom stereocenters. The second kappa shape index (κ2) is 5.60. The highest BCUT2D eigenvalue weighted by molar-refractivity contribution is 7.88. The number of aryl methyl sites for hydroxylation is 1. The molecule has 0 radical (unpaired) electrons. The molecule has 3 aromatic rings. The Labute approximate surface area is 133 Å². The third-order valence-corrected chi connectivity index (χ3v) is 4.29. The fraction of sp³-hybridized carbons (Fsp3) is 0.125. The topological polar surface area (TPSA) is 95.1 Å². The van der Waals surface area contributed by atoms with Crippen LogP contribution in [0.3, 0.4) is 0 Å². The summed E-state index contributed by atoms with van der Waals surface area (Å²) in [6.45, 7) is 0. The summed E-state index contributed by atoms with van der Waals surface area (Å²) in [5.41, 5.74) is 1.92. The van der Waals surface area contributed by atoms with E-state index in [0.717, 1.165) is 10.9 Å². The van der Waals surface area contributed by atoms with Crippen LogP contribution in [-0.4, -0.2) is 18.2 Å². The van der Waals surface area contributed by atoms with E-state index in [1.807, 2.05) is 18.2 Å². The Morgan fingerprint density at radius 3 is 2.26 bits per heavy atom. The average molecular weight is 329 g/mol. The number of rotatable bonds is 3. The molecule has 0 spiro atoms. The molecular weight excluding hydrogens is 314 g/mol. The smallest absolute Gasteiger partial charge is 0.267 e. The van der Waals surface area contributed by atoms with Gasteiger partial charge in [0.05, 0.1) is 16.8 Å². The van der Waals surface area contributed by atoms with Crippen molar-refractivity contribution in [3.05, 3.63) is 64.4 Å². The first-order valence-electron chi connectivity index (χ1n) is 6.91. The van der Waals surface area contributed by atoms with Crippen molar-refractivity contribution >= 4 is 20.8 Å². The Morgan fingerprint density at radius 2 is 1.65 bits per heavy atom. The van der Waals surface area contributed by atoms with Crippen molar-refractivity contribution in [2.45, 2.75) is 5.75 Å². The summed E-state index contributed by atoms with van der Waals surface area (Å²) in [5, 5.41) is 10.7. The van der Waals surface area contributed by atoms with Gasteiger partial charge in [0.1, 0.15) is 0 Å². The van der Waals surface area contributed by atoms with Crippen LogP contribution < -0.4 is 10.7 Å². The average Bonchev–Trinajstić information content (AvgIpc) is 2.50. The van der Waals surface area contributed by atoms with Gasteiger partial charge in [0.2, 0.25) is 10.0 Å². The standard InChI is InChI=1S/C16H15N3O3S/c1-19-16(20)14-5-3-2-4-13(14)15(18-19)12-8-6-11(7-9-12)10-23(17,21)22/h2-9H,10H2,1H3,(H2,17,21,22). The molecule has 118 valence electrons. The number of nitrogens with zero attached hydrogens (tertiary/aromatic N) is 2. The molecule has 3 rings (SSSR count).